The molecule has 1 aliphatic rings. The van der Waals surface area contributed by atoms with Gasteiger partial charge in [-0.15, -0.1) is 0 Å². The van der Waals surface area contributed by atoms with Crippen molar-refractivity contribution in [2.45, 2.75) is 46.5 Å². The van der Waals surface area contributed by atoms with E-state index in [2.05, 4.69) is 28.2 Å². The van der Waals surface area contributed by atoms with Crippen molar-refractivity contribution in [1.29, 1.82) is 0 Å². The van der Waals surface area contributed by atoms with Gasteiger partial charge in [0.15, 0.2) is 11.6 Å². The first-order valence-electron chi connectivity index (χ1n) is 9.12. The monoisotopic (exact) mass is 348 g/mol. The van der Waals surface area contributed by atoms with Gasteiger partial charge in [0.25, 0.3) is 0 Å². The van der Waals surface area contributed by atoms with E-state index in [1.807, 2.05) is 20.8 Å². The van der Waals surface area contributed by atoms with E-state index in [-0.39, 0.29) is 17.5 Å². The van der Waals surface area contributed by atoms with Gasteiger partial charge in [0.2, 0.25) is 0 Å². The average Bonchev–Trinajstić information content (AvgIpc) is 2.98. The Bertz CT molecular complexity index is 881. The highest BCUT2D eigenvalue weighted by molar-refractivity contribution is 5.98. The maximum absolute atomic E-state index is 12.5. The molecule has 4 nitrogen and oxygen atoms in total. The summed E-state index contributed by atoms with van der Waals surface area (Å²) < 4.78 is 0. The van der Waals surface area contributed by atoms with Crippen molar-refractivity contribution in [2.75, 3.05) is 0 Å². The highest BCUT2D eigenvalue weighted by atomic mass is 16.1. The average molecular weight is 348 g/mol. The van der Waals surface area contributed by atoms with Crippen molar-refractivity contribution in [3.05, 3.63) is 58.9 Å². The number of nitrogens with zero attached hydrogens (tertiary/aromatic N) is 2. The second kappa shape index (κ2) is 7.73. The van der Waals surface area contributed by atoms with Crippen molar-refractivity contribution in [3.63, 3.8) is 0 Å². The van der Waals surface area contributed by atoms with E-state index in [4.69, 9.17) is 0 Å². The van der Waals surface area contributed by atoms with Crippen LogP contribution in [-0.4, -0.2) is 22.3 Å². The Hall–Kier alpha value is -2.62. The zero-order valence-electron chi connectivity index (χ0n) is 15.6. The summed E-state index contributed by atoms with van der Waals surface area (Å²) in [7, 11) is 0. The van der Waals surface area contributed by atoms with Crippen molar-refractivity contribution < 1.29 is 9.59 Å². The van der Waals surface area contributed by atoms with Gasteiger partial charge in [-0.25, -0.2) is 4.98 Å². The van der Waals surface area contributed by atoms with Crippen LogP contribution in [0, 0.1) is 5.92 Å². The van der Waals surface area contributed by atoms with E-state index in [1.165, 1.54) is 5.56 Å². The number of carbonyl (C=O) groups is 2. The molecule has 0 aliphatic carbocycles. The molecule has 0 unspecified atom stereocenters. The predicted octanol–water partition coefficient (Wildman–Crippen LogP) is 4.77. The molecule has 134 valence electrons. The number of Topliss-reactive ketones (excluding diaryl/α,β-unsaturated/α-hetero) is 2. The minimum Gasteiger partial charge on any atom is -0.292 e. The molecule has 0 N–H and O–H groups in total. The number of aromatic nitrogens is 1. The fourth-order valence-corrected chi connectivity index (χ4v) is 3.15. The lowest BCUT2D eigenvalue weighted by atomic mass is 10.0. The normalized spacial score (nSPS) is 12.8. The Morgan fingerprint density at radius 1 is 1.08 bits per heavy atom. The SMILES string of the molecule is CC1=Nc2cc(CCC(=O)c3cccc(C(=O)CC(C)C)n3)ccc2C1. The van der Waals surface area contributed by atoms with Crippen molar-refractivity contribution in [2.24, 2.45) is 10.9 Å². The third-order valence-corrected chi connectivity index (χ3v) is 4.46. The van der Waals surface area contributed by atoms with Gasteiger partial charge in [0.05, 0.1) is 5.69 Å². The van der Waals surface area contributed by atoms with Crippen molar-refractivity contribution >= 4 is 23.0 Å². The number of ketones is 2. The van der Waals surface area contributed by atoms with E-state index in [0.717, 1.165) is 23.4 Å². The Morgan fingerprint density at radius 2 is 1.81 bits per heavy atom. The summed E-state index contributed by atoms with van der Waals surface area (Å²) in [5.74, 6) is 0.223. The Labute approximate surface area is 154 Å². The zero-order chi connectivity index (χ0) is 18.7. The molecule has 0 bridgehead atoms. The van der Waals surface area contributed by atoms with Gasteiger partial charge >= 0.3 is 0 Å². The van der Waals surface area contributed by atoms with Crippen LogP contribution in [-0.2, 0) is 12.8 Å². The lowest BCUT2D eigenvalue weighted by Crippen LogP contribution is -2.10. The van der Waals surface area contributed by atoms with Crippen molar-refractivity contribution in [1.82, 2.24) is 4.98 Å². The number of pyridine rings is 1. The fraction of sp³-hybridized carbons (Fsp3) is 0.364. The third kappa shape index (κ3) is 4.31. The van der Waals surface area contributed by atoms with Gasteiger partial charge in [0.1, 0.15) is 11.4 Å². The van der Waals surface area contributed by atoms with E-state index < -0.39 is 0 Å². The van der Waals surface area contributed by atoms with Gasteiger partial charge in [-0.05, 0) is 48.6 Å². The molecule has 2 aromatic rings. The zero-order valence-corrected chi connectivity index (χ0v) is 15.6. The molecular formula is C22H24N2O2. The summed E-state index contributed by atoms with van der Waals surface area (Å²) in [6.45, 7) is 6.02. The fourth-order valence-electron chi connectivity index (χ4n) is 3.15. The van der Waals surface area contributed by atoms with E-state index in [9.17, 15) is 9.59 Å². The molecule has 1 aromatic carbocycles. The molecular weight excluding hydrogens is 324 g/mol. The minimum absolute atomic E-state index is 0.0125. The van der Waals surface area contributed by atoms with Crippen LogP contribution in [0.25, 0.3) is 0 Å². The molecule has 1 aromatic heterocycles. The Balaban J connectivity index is 1.65. The summed E-state index contributed by atoms with van der Waals surface area (Å²) in [5.41, 5.74) is 5.24. The van der Waals surface area contributed by atoms with Crippen LogP contribution in [0.3, 0.4) is 0 Å². The van der Waals surface area contributed by atoms with E-state index in [1.54, 1.807) is 18.2 Å². The molecule has 0 fully saturated rings. The first-order valence-corrected chi connectivity index (χ1v) is 9.12. The molecule has 0 atom stereocenters. The number of aryl methyl sites for hydroxylation is 1. The van der Waals surface area contributed by atoms with Crippen LogP contribution in [0.1, 0.15) is 65.7 Å². The van der Waals surface area contributed by atoms with Crippen LogP contribution in [0.5, 0.6) is 0 Å². The van der Waals surface area contributed by atoms with Gasteiger partial charge in [-0.1, -0.05) is 32.0 Å². The first-order chi connectivity index (χ1) is 12.4. The molecule has 0 saturated carbocycles. The lowest BCUT2D eigenvalue weighted by molar-refractivity contribution is 0.0962. The third-order valence-electron chi connectivity index (χ3n) is 4.46. The van der Waals surface area contributed by atoms with Gasteiger partial charge in [0, 0.05) is 25.0 Å². The van der Waals surface area contributed by atoms with Crippen LogP contribution >= 0.6 is 0 Å². The highest BCUT2D eigenvalue weighted by Crippen LogP contribution is 2.28. The van der Waals surface area contributed by atoms with Crippen LogP contribution in [0.15, 0.2) is 41.4 Å². The predicted molar refractivity (Wildman–Crippen MR) is 104 cm³/mol. The smallest absolute Gasteiger partial charge is 0.181 e. The highest BCUT2D eigenvalue weighted by Gasteiger charge is 2.15. The second-order valence-corrected chi connectivity index (χ2v) is 7.34. The summed E-state index contributed by atoms with van der Waals surface area (Å²) >= 11 is 0. The second-order valence-electron chi connectivity index (χ2n) is 7.34. The number of hydrogen-bond donors (Lipinski definition) is 0. The number of fused-ring (bicyclic) bond motifs is 1. The summed E-state index contributed by atoms with van der Waals surface area (Å²) in [5, 5.41) is 0. The van der Waals surface area contributed by atoms with Gasteiger partial charge in [-0.2, -0.15) is 0 Å². The number of aliphatic imine (C=N–C) groups is 1. The number of rotatable bonds is 7. The molecule has 0 amide bonds. The standard InChI is InChI=1S/C22H24N2O2/c1-14(2)11-22(26)19-6-4-5-18(24-19)21(25)10-8-16-7-9-17-12-15(3)23-20(17)13-16/h4-7,9,13-14H,8,10-12H2,1-3H3. The Morgan fingerprint density at radius 3 is 2.54 bits per heavy atom. The minimum atomic E-state index is -0.0376. The molecule has 2 heterocycles. The van der Waals surface area contributed by atoms with E-state index in [0.29, 0.717) is 30.7 Å². The summed E-state index contributed by atoms with van der Waals surface area (Å²) in [6, 6.07) is 11.3. The topological polar surface area (TPSA) is 59.4 Å². The van der Waals surface area contributed by atoms with Crippen LogP contribution < -0.4 is 0 Å². The number of carbonyl (C=O) groups excluding carboxylic acids is 2. The van der Waals surface area contributed by atoms with Crippen LogP contribution in [0.4, 0.5) is 5.69 Å². The number of hydrogen-bond acceptors (Lipinski definition) is 4. The molecule has 1 aliphatic heterocycles. The quantitative estimate of drug-likeness (QED) is 0.677. The molecule has 0 saturated heterocycles. The molecule has 0 radical (unpaired) electrons. The largest absolute Gasteiger partial charge is 0.292 e. The summed E-state index contributed by atoms with van der Waals surface area (Å²) in [6.07, 6.45) is 2.37. The lowest BCUT2D eigenvalue weighted by Gasteiger charge is -2.06. The van der Waals surface area contributed by atoms with Crippen molar-refractivity contribution in [3.8, 4) is 0 Å². The molecule has 26 heavy (non-hydrogen) atoms. The van der Waals surface area contributed by atoms with Crippen LogP contribution in [0.2, 0.25) is 0 Å². The molecule has 0 spiro atoms. The summed E-state index contributed by atoms with van der Waals surface area (Å²) in [4.78, 5) is 33.5. The maximum atomic E-state index is 12.5. The first kappa shape index (κ1) is 18.2. The van der Waals surface area contributed by atoms with Gasteiger partial charge < -0.3 is 0 Å². The molecule has 3 rings (SSSR count). The van der Waals surface area contributed by atoms with Gasteiger partial charge in [-0.3, -0.25) is 14.6 Å². The number of benzene rings is 1. The van der Waals surface area contributed by atoms with E-state index >= 15 is 0 Å². The molecule has 4 heteroatoms. The maximum Gasteiger partial charge on any atom is 0.181 e. The Kier molecular flexibility index (Phi) is 5.40.